The van der Waals surface area contributed by atoms with Gasteiger partial charge in [0.25, 0.3) is 5.91 Å². The average Bonchev–Trinajstić information content (AvgIpc) is 2.90. The maximum atomic E-state index is 12.2. The molecule has 0 unspecified atom stereocenters. The molecule has 1 aromatic carbocycles. The monoisotopic (exact) mass is 324 g/mol. The van der Waals surface area contributed by atoms with E-state index in [1.54, 1.807) is 11.9 Å². The zero-order valence-corrected chi connectivity index (χ0v) is 12.1. The number of nitrogens with zero attached hydrogens (tertiary/aromatic N) is 1. The third-order valence-electron chi connectivity index (χ3n) is 3.24. The Kier molecular flexibility index (Phi) is 5.86. The number of alkyl halides is 3. The summed E-state index contributed by atoms with van der Waals surface area (Å²) in [5.74, 6) is -0.545. The van der Waals surface area contributed by atoms with Crippen molar-refractivity contribution in [1.82, 2.24) is 10.2 Å². The first-order valence-corrected chi connectivity index (χ1v) is 6.20. The molecule has 21 heavy (non-hydrogen) atoms. The number of hydrogen-bond acceptors (Lipinski definition) is 3. The molecule has 0 bridgehead atoms. The van der Waals surface area contributed by atoms with Crippen LogP contribution < -0.4 is 10.1 Å². The van der Waals surface area contributed by atoms with Crippen molar-refractivity contribution < 1.29 is 22.7 Å². The van der Waals surface area contributed by atoms with E-state index in [9.17, 15) is 18.0 Å². The minimum absolute atomic E-state index is 0. The number of hydrogen-bond donors (Lipinski definition) is 1. The topological polar surface area (TPSA) is 41.6 Å². The molecule has 1 fully saturated rings. The molecule has 1 amide bonds. The van der Waals surface area contributed by atoms with Gasteiger partial charge in [0.15, 0.2) is 0 Å². The second kappa shape index (κ2) is 7.00. The molecule has 0 spiro atoms. The van der Waals surface area contributed by atoms with E-state index < -0.39 is 6.36 Å². The molecule has 1 heterocycles. The maximum Gasteiger partial charge on any atom is 0.573 e. The molecule has 1 atom stereocenters. The Hall–Kier alpha value is -1.47. The number of carbonyl (C=O) groups excluding carboxylic acids is 1. The minimum atomic E-state index is -4.72. The number of benzene rings is 1. The first kappa shape index (κ1) is 17.6. The third-order valence-corrected chi connectivity index (χ3v) is 3.24. The number of amides is 1. The van der Waals surface area contributed by atoms with Gasteiger partial charge in [-0.2, -0.15) is 0 Å². The van der Waals surface area contributed by atoms with Gasteiger partial charge in [0.1, 0.15) is 5.75 Å². The van der Waals surface area contributed by atoms with E-state index in [2.05, 4.69) is 10.1 Å². The number of ether oxygens (including phenoxy) is 1. The summed E-state index contributed by atoms with van der Waals surface area (Å²) < 4.78 is 39.8. The van der Waals surface area contributed by atoms with Crippen LogP contribution in [0.5, 0.6) is 5.75 Å². The van der Waals surface area contributed by atoms with E-state index in [0.717, 1.165) is 31.6 Å². The highest BCUT2D eigenvalue weighted by molar-refractivity contribution is 5.94. The molecule has 2 rings (SSSR count). The van der Waals surface area contributed by atoms with Crippen LogP contribution in [0.4, 0.5) is 13.2 Å². The van der Waals surface area contributed by atoms with Crippen LogP contribution in [-0.4, -0.2) is 43.3 Å². The fraction of sp³-hybridized carbons (Fsp3) is 0.462. The Balaban J connectivity index is 0.00000220. The van der Waals surface area contributed by atoms with Gasteiger partial charge in [0.05, 0.1) is 0 Å². The molecule has 8 heteroatoms. The van der Waals surface area contributed by atoms with Crippen LogP contribution in [0.1, 0.15) is 16.8 Å². The molecule has 0 aromatic heterocycles. The Morgan fingerprint density at radius 3 is 2.43 bits per heavy atom. The molecular weight excluding hydrogens is 309 g/mol. The first-order valence-electron chi connectivity index (χ1n) is 6.20. The van der Waals surface area contributed by atoms with Crippen LogP contribution >= 0.6 is 12.4 Å². The van der Waals surface area contributed by atoms with E-state index in [-0.39, 0.29) is 30.1 Å². The van der Waals surface area contributed by atoms with Crippen molar-refractivity contribution >= 4 is 18.3 Å². The van der Waals surface area contributed by atoms with Gasteiger partial charge in [0, 0.05) is 25.2 Å². The highest BCUT2D eigenvalue weighted by Crippen LogP contribution is 2.23. The van der Waals surface area contributed by atoms with Crippen molar-refractivity contribution in [1.29, 1.82) is 0 Å². The van der Waals surface area contributed by atoms with Crippen molar-refractivity contribution in [3.63, 3.8) is 0 Å². The smallest absolute Gasteiger partial charge is 0.406 e. The molecular formula is C13H16ClF3N2O2. The average molecular weight is 325 g/mol. The fourth-order valence-electron chi connectivity index (χ4n) is 2.14. The molecule has 0 saturated carbocycles. The zero-order valence-electron chi connectivity index (χ0n) is 11.3. The molecule has 118 valence electrons. The van der Waals surface area contributed by atoms with Crippen LogP contribution in [0.15, 0.2) is 24.3 Å². The zero-order chi connectivity index (χ0) is 14.8. The number of likely N-dealkylation sites (N-methyl/N-ethyl adjacent to an activating group) is 1. The molecule has 1 aliphatic heterocycles. The summed E-state index contributed by atoms with van der Waals surface area (Å²) in [4.78, 5) is 13.8. The quantitative estimate of drug-likeness (QED) is 0.928. The van der Waals surface area contributed by atoms with E-state index >= 15 is 0 Å². The fourth-order valence-corrected chi connectivity index (χ4v) is 2.14. The molecule has 1 saturated heterocycles. The third kappa shape index (κ3) is 4.78. The highest BCUT2D eigenvalue weighted by Gasteiger charge is 2.31. The van der Waals surface area contributed by atoms with E-state index in [1.807, 2.05) is 0 Å². The number of rotatable bonds is 3. The van der Waals surface area contributed by atoms with Gasteiger partial charge in [-0.25, -0.2) is 0 Å². The summed E-state index contributed by atoms with van der Waals surface area (Å²) in [5, 5.41) is 3.16. The lowest BCUT2D eigenvalue weighted by molar-refractivity contribution is -0.274. The number of carbonyl (C=O) groups is 1. The number of nitrogens with one attached hydrogen (secondary N) is 1. The van der Waals surface area contributed by atoms with E-state index in [1.165, 1.54) is 12.1 Å². The second-order valence-corrected chi connectivity index (χ2v) is 4.63. The summed E-state index contributed by atoms with van der Waals surface area (Å²) >= 11 is 0. The van der Waals surface area contributed by atoms with Gasteiger partial charge in [-0.3, -0.25) is 4.79 Å². The van der Waals surface area contributed by atoms with Crippen LogP contribution in [0.2, 0.25) is 0 Å². The molecule has 1 N–H and O–H groups in total. The molecule has 0 radical (unpaired) electrons. The Labute approximate surface area is 126 Å². The van der Waals surface area contributed by atoms with Crippen molar-refractivity contribution in [2.75, 3.05) is 20.1 Å². The summed E-state index contributed by atoms with van der Waals surface area (Å²) in [5.41, 5.74) is 0.342. The van der Waals surface area contributed by atoms with E-state index in [0.29, 0.717) is 5.56 Å². The largest absolute Gasteiger partial charge is 0.573 e. The Morgan fingerprint density at radius 2 is 1.95 bits per heavy atom. The molecule has 1 aromatic rings. The normalized spacial score (nSPS) is 18.0. The number of halogens is 4. The van der Waals surface area contributed by atoms with Gasteiger partial charge < -0.3 is 15.0 Å². The van der Waals surface area contributed by atoms with Crippen LogP contribution in [0.25, 0.3) is 0 Å². The van der Waals surface area contributed by atoms with Crippen LogP contribution in [0.3, 0.4) is 0 Å². The standard InChI is InChI=1S/C13H15F3N2O2.ClH/c1-18(10-6-7-17-8-10)12(19)9-2-4-11(5-3-9)20-13(14,15)16;/h2-5,10,17H,6-8H2,1H3;1H/t10-;/m1./s1. The summed E-state index contributed by atoms with van der Waals surface area (Å²) in [6.07, 6.45) is -3.85. The molecule has 4 nitrogen and oxygen atoms in total. The van der Waals surface area contributed by atoms with Gasteiger partial charge in [-0.15, -0.1) is 25.6 Å². The lowest BCUT2D eigenvalue weighted by atomic mass is 10.1. The van der Waals surface area contributed by atoms with Gasteiger partial charge in [0.2, 0.25) is 0 Å². The lowest BCUT2D eigenvalue weighted by Crippen LogP contribution is -2.38. The van der Waals surface area contributed by atoms with Gasteiger partial charge >= 0.3 is 6.36 Å². The second-order valence-electron chi connectivity index (χ2n) is 4.63. The predicted octanol–water partition coefficient (Wildman–Crippen LogP) is 2.44. The SMILES string of the molecule is CN(C(=O)c1ccc(OC(F)(F)F)cc1)[C@@H]1CCNC1.Cl. The molecule has 0 aliphatic carbocycles. The van der Waals surface area contributed by atoms with Crippen LogP contribution in [0, 0.1) is 0 Å². The summed E-state index contributed by atoms with van der Waals surface area (Å²) in [6, 6.07) is 5.07. The lowest BCUT2D eigenvalue weighted by Gasteiger charge is -2.23. The highest BCUT2D eigenvalue weighted by atomic mass is 35.5. The summed E-state index contributed by atoms with van der Waals surface area (Å²) in [6.45, 7) is 1.60. The van der Waals surface area contributed by atoms with Gasteiger partial charge in [-0.05, 0) is 37.2 Å². The molecule has 1 aliphatic rings. The minimum Gasteiger partial charge on any atom is -0.406 e. The van der Waals surface area contributed by atoms with Crippen LogP contribution in [-0.2, 0) is 0 Å². The van der Waals surface area contributed by atoms with Crippen molar-refractivity contribution in [2.24, 2.45) is 0 Å². The van der Waals surface area contributed by atoms with Crippen molar-refractivity contribution in [3.8, 4) is 5.75 Å². The maximum absolute atomic E-state index is 12.2. The first-order chi connectivity index (χ1) is 9.37. The van der Waals surface area contributed by atoms with Gasteiger partial charge in [-0.1, -0.05) is 0 Å². The predicted molar refractivity (Wildman–Crippen MR) is 73.7 cm³/mol. The van der Waals surface area contributed by atoms with Crippen molar-refractivity contribution in [3.05, 3.63) is 29.8 Å². The Morgan fingerprint density at radius 1 is 1.33 bits per heavy atom. The van der Waals surface area contributed by atoms with Crippen molar-refractivity contribution in [2.45, 2.75) is 18.8 Å². The van der Waals surface area contributed by atoms with E-state index in [4.69, 9.17) is 0 Å². The Bertz CT molecular complexity index is 473. The summed E-state index contributed by atoms with van der Waals surface area (Å²) in [7, 11) is 1.69.